The highest BCUT2D eigenvalue weighted by molar-refractivity contribution is 5.94. The van der Waals surface area contributed by atoms with Crippen LogP contribution in [0.1, 0.15) is 23.2 Å². The number of halogens is 1. The van der Waals surface area contributed by atoms with Crippen molar-refractivity contribution in [1.29, 1.82) is 0 Å². The van der Waals surface area contributed by atoms with Crippen LogP contribution in [0.4, 0.5) is 21.5 Å². The Labute approximate surface area is 169 Å². The lowest BCUT2D eigenvalue weighted by Gasteiger charge is -2.09. The van der Waals surface area contributed by atoms with Crippen LogP contribution < -0.4 is 16.0 Å². The Kier molecular flexibility index (Phi) is 6.95. The average Bonchev–Trinajstić information content (AvgIpc) is 2.74. The highest BCUT2D eigenvalue weighted by Gasteiger charge is 2.06. The molecular weight excluding hydrogens is 369 g/mol. The fraction of sp³-hybridized carbons (Fsp3) is 0.130. The number of hydrogen-bond donors (Lipinski definition) is 3. The summed E-state index contributed by atoms with van der Waals surface area (Å²) in [5.41, 5.74) is 3.02. The van der Waals surface area contributed by atoms with Crippen LogP contribution in [-0.4, -0.2) is 18.4 Å². The molecular formula is C23H22FN3O2. The van der Waals surface area contributed by atoms with Gasteiger partial charge < -0.3 is 16.0 Å². The van der Waals surface area contributed by atoms with Crippen molar-refractivity contribution in [2.45, 2.75) is 12.8 Å². The molecule has 5 nitrogen and oxygen atoms in total. The van der Waals surface area contributed by atoms with Crippen molar-refractivity contribution >= 4 is 28.9 Å². The van der Waals surface area contributed by atoms with Crippen molar-refractivity contribution in [2.75, 3.05) is 17.2 Å². The number of benzene rings is 3. The number of rotatable bonds is 8. The highest BCUT2D eigenvalue weighted by atomic mass is 19.1. The predicted molar refractivity (Wildman–Crippen MR) is 113 cm³/mol. The lowest BCUT2D eigenvalue weighted by atomic mass is 10.2. The van der Waals surface area contributed by atoms with Crippen LogP contribution in [0.5, 0.6) is 0 Å². The Hall–Kier alpha value is -3.67. The maximum atomic E-state index is 12.9. The maximum absolute atomic E-state index is 12.9. The van der Waals surface area contributed by atoms with Gasteiger partial charge in [0, 0.05) is 35.6 Å². The summed E-state index contributed by atoms with van der Waals surface area (Å²) in [6.07, 6.45) is 0.792. The Balaban J connectivity index is 1.38. The van der Waals surface area contributed by atoms with Gasteiger partial charge >= 0.3 is 0 Å². The van der Waals surface area contributed by atoms with Gasteiger partial charge in [-0.25, -0.2) is 4.39 Å². The molecule has 3 rings (SSSR count). The van der Waals surface area contributed by atoms with Gasteiger partial charge in [-0.3, -0.25) is 9.59 Å². The zero-order valence-corrected chi connectivity index (χ0v) is 15.8. The summed E-state index contributed by atoms with van der Waals surface area (Å²) in [6.45, 7) is 0.365. The molecule has 0 unspecified atom stereocenters. The van der Waals surface area contributed by atoms with Gasteiger partial charge in [-0.2, -0.15) is 0 Å². The number of carbonyl (C=O) groups is 2. The number of nitrogens with one attached hydrogen (secondary N) is 3. The molecule has 0 aliphatic rings. The molecule has 0 fully saturated rings. The zero-order valence-electron chi connectivity index (χ0n) is 15.8. The summed E-state index contributed by atoms with van der Waals surface area (Å²) in [4.78, 5) is 24.0. The van der Waals surface area contributed by atoms with Crippen molar-refractivity contribution in [3.8, 4) is 0 Å². The summed E-state index contributed by atoms with van der Waals surface area (Å²) in [5, 5.41) is 8.84. The van der Waals surface area contributed by atoms with Gasteiger partial charge in [-0.05, 0) is 67.1 Å². The van der Waals surface area contributed by atoms with Gasteiger partial charge in [0.25, 0.3) is 5.91 Å². The van der Waals surface area contributed by atoms with Gasteiger partial charge in [-0.15, -0.1) is 0 Å². The summed E-state index contributed by atoms with van der Waals surface area (Å²) in [6, 6.07) is 22.6. The Morgan fingerprint density at radius 2 is 1.38 bits per heavy atom. The molecule has 3 aromatic rings. The van der Waals surface area contributed by atoms with Gasteiger partial charge in [-0.1, -0.05) is 18.2 Å². The van der Waals surface area contributed by atoms with Crippen LogP contribution in [0, 0.1) is 5.82 Å². The highest BCUT2D eigenvalue weighted by Crippen LogP contribution is 2.18. The quantitative estimate of drug-likeness (QED) is 0.487. The SMILES string of the molecule is O=C(CCCNC(=O)c1ccc(F)cc1)Nc1ccc(Nc2ccccc2)cc1. The van der Waals surface area contributed by atoms with E-state index in [-0.39, 0.29) is 24.1 Å². The molecule has 0 aliphatic carbocycles. The maximum Gasteiger partial charge on any atom is 0.251 e. The second-order valence-electron chi connectivity index (χ2n) is 6.48. The third-order valence-corrected chi connectivity index (χ3v) is 4.20. The number of carbonyl (C=O) groups excluding carboxylic acids is 2. The molecule has 0 spiro atoms. The van der Waals surface area contributed by atoms with Gasteiger partial charge in [0.2, 0.25) is 5.91 Å². The molecule has 3 N–H and O–H groups in total. The standard InChI is InChI=1S/C23H22FN3O2/c24-18-10-8-17(9-11-18)23(29)25-16-4-7-22(28)27-21-14-12-20(13-15-21)26-19-5-2-1-3-6-19/h1-3,5-6,8-15,26H,4,7,16H2,(H,25,29)(H,27,28). The first-order valence-electron chi connectivity index (χ1n) is 9.36. The number of para-hydroxylation sites is 1. The van der Waals surface area contributed by atoms with E-state index in [4.69, 9.17) is 0 Å². The number of anilines is 3. The van der Waals surface area contributed by atoms with E-state index in [1.165, 1.54) is 24.3 Å². The third kappa shape index (κ3) is 6.46. The Bertz CT molecular complexity index is 942. The molecule has 0 aliphatic heterocycles. The minimum atomic E-state index is -0.387. The summed E-state index contributed by atoms with van der Waals surface area (Å²) in [7, 11) is 0. The van der Waals surface area contributed by atoms with Gasteiger partial charge in [0.05, 0.1) is 0 Å². The predicted octanol–water partition coefficient (Wildman–Crippen LogP) is 4.72. The van der Waals surface area contributed by atoms with Crippen molar-refractivity contribution in [1.82, 2.24) is 5.32 Å². The average molecular weight is 391 g/mol. The normalized spacial score (nSPS) is 10.2. The molecule has 29 heavy (non-hydrogen) atoms. The van der Waals surface area contributed by atoms with E-state index in [9.17, 15) is 14.0 Å². The van der Waals surface area contributed by atoms with Crippen LogP contribution in [0.15, 0.2) is 78.9 Å². The number of amides is 2. The van der Waals surface area contributed by atoms with Crippen LogP contribution in [-0.2, 0) is 4.79 Å². The summed E-state index contributed by atoms with van der Waals surface area (Å²) >= 11 is 0. The van der Waals surface area contributed by atoms with Crippen molar-refractivity contribution in [2.24, 2.45) is 0 Å². The molecule has 148 valence electrons. The van der Waals surface area contributed by atoms with Crippen molar-refractivity contribution in [3.05, 3.63) is 90.2 Å². The number of hydrogen-bond acceptors (Lipinski definition) is 3. The second-order valence-corrected chi connectivity index (χ2v) is 6.48. The van der Waals surface area contributed by atoms with Crippen molar-refractivity contribution in [3.63, 3.8) is 0 Å². The topological polar surface area (TPSA) is 70.2 Å². The second kappa shape index (κ2) is 10.0. The lowest BCUT2D eigenvalue weighted by molar-refractivity contribution is -0.116. The van der Waals surface area contributed by atoms with Crippen LogP contribution in [0.2, 0.25) is 0 Å². The molecule has 3 aromatic carbocycles. The van der Waals surface area contributed by atoms with E-state index in [2.05, 4.69) is 16.0 Å². The van der Waals surface area contributed by atoms with Crippen molar-refractivity contribution < 1.29 is 14.0 Å². The molecule has 6 heteroatoms. The first-order chi connectivity index (χ1) is 14.1. The summed E-state index contributed by atoms with van der Waals surface area (Å²) in [5.74, 6) is -0.793. The molecule has 0 aromatic heterocycles. The molecule has 0 heterocycles. The Morgan fingerprint density at radius 3 is 2.07 bits per heavy atom. The van der Waals surface area contributed by atoms with E-state index in [1.807, 2.05) is 54.6 Å². The smallest absolute Gasteiger partial charge is 0.251 e. The fourth-order valence-corrected chi connectivity index (χ4v) is 2.70. The first-order valence-corrected chi connectivity index (χ1v) is 9.36. The Morgan fingerprint density at radius 1 is 0.759 bits per heavy atom. The van der Waals surface area contributed by atoms with Crippen LogP contribution in [0.25, 0.3) is 0 Å². The molecule has 0 saturated heterocycles. The largest absolute Gasteiger partial charge is 0.356 e. The van der Waals surface area contributed by atoms with E-state index in [0.717, 1.165) is 11.4 Å². The van der Waals surface area contributed by atoms with Gasteiger partial charge in [0.1, 0.15) is 5.82 Å². The minimum absolute atomic E-state index is 0.121. The monoisotopic (exact) mass is 391 g/mol. The van der Waals surface area contributed by atoms with Gasteiger partial charge in [0.15, 0.2) is 0 Å². The van der Waals surface area contributed by atoms with E-state index < -0.39 is 0 Å². The van der Waals surface area contributed by atoms with Crippen LogP contribution in [0.3, 0.4) is 0 Å². The molecule has 0 saturated carbocycles. The molecule has 0 atom stereocenters. The lowest BCUT2D eigenvalue weighted by Crippen LogP contribution is -2.25. The molecule has 0 bridgehead atoms. The fourth-order valence-electron chi connectivity index (χ4n) is 2.70. The van der Waals surface area contributed by atoms with E-state index in [1.54, 1.807) is 0 Å². The first kappa shape index (κ1) is 20.1. The third-order valence-electron chi connectivity index (χ3n) is 4.20. The van der Waals surface area contributed by atoms with E-state index >= 15 is 0 Å². The van der Waals surface area contributed by atoms with E-state index in [0.29, 0.717) is 24.2 Å². The minimum Gasteiger partial charge on any atom is -0.356 e. The summed E-state index contributed by atoms with van der Waals surface area (Å²) < 4.78 is 12.9. The van der Waals surface area contributed by atoms with Crippen LogP contribution >= 0.6 is 0 Å². The molecule has 2 amide bonds. The molecule has 0 radical (unpaired) electrons. The zero-order chi connectivity index (χ0) is 20.5.